The second-order valence-corrected chi connectivity index (χ2v) is 7.32. The minimum atomic E-state index is 0.540. The highest BCUT2D eigenvalue weighted by atomic mass is 16.5. The van der Waals surface area contributed by atoms with Gasteiger partial charge in [0.25, 0.3) is 0 Å². The topological polar surface area (TPSA) is 44.5 Å². The molecule has 0 amide bonds. The lowest BCUT2D eigenvalue weighted by molar-refractivity contribution is 0.303. The first kappa shape index (κ1) is 18.4. The zero-order valence-electron chi connectivity index (χ0n) is 16.3. The monoisotopic (exact) mass is 372 g/mol. The van der Waals surface area contributed by atoms with Crippen LogP contribution in [0.4, 0.5) is 5.69 Å². The molecule has 3 heteroatoms. The number of nitrogen functional groups attached to an aromatic ring is 1. The number of aryl methyl sites for hydroxylation is 1. The smallest absolute Gasteiger partial charge is 0.133 e. The Labute approximate surface area is 167 Å². The van der Waals surface area contributed by atoms with Gasteiger partial charge in [-0.05, 0) is 86.1 Å². The molecule has 0 saturated heterocycles. The van der Waals surface area contributed by atoms with Gasteiger partial charge in [0, 0.05) is 11.3 Å². The molecule has 3 aromatic carbocycles. The summed E-state index contributed by atoms with van der Waals surface area (Å²) in [5, 5.41) is 0. The van der Waals surface area contributed by atoms with Crippen LogP contribution < -0.4 is 15.2 Å². The molecule has 143 valence electrons. The van der Waals surface area contributed by atoms with Crippen LogP contribution in [-0.4, -0.2) is 0 Å². The Hall–Kier alpha value is -2.94. The fourth-order valence-corrected chi connectivity index (χ4v) is 3.89. The minimum absolute atomic E-state index is 0.540. The SMILES string of the molecule is [CH2]Cc1cc(Oc2c(C)cc(N)c3c2CCC3)ccc1OCc1ccccc1. The second-order valence-electron chi connectivity index (χ2n) is 7.32. The van der Waals surface area contributed by atoms with E-state index >= 15 is 0 Å². The van der Waals surface area contributed by atoms with E-state index < -0.39 is 0 Å². The summed E-state index contributed by atoms with van der Waals surface area (Å²) in [6, 6.07) is 18.2. The van der Waals surface area contributed by atoms with E-state index in [0.29, 0.717) is 13.0 Å². The van der Waals surface area contributed by atoms with Crippen LogP contribution in [0.1, 0.15) is 34.2 Å². The molecule has 3 aromatic rings. The first-order valence-electron chi connectivity index (χ1n) is 9.83. The first-order valence-corrected chi connectivity index (χ1v) is 9.83. The van der Waals surface area contributed by atoms with Crippen molar-refractivity contribution >= 4 is 5.69 Å². The summed E-state index contributed by atoms with van der Waals surface area (Å²) < 4.78 is 12.3. The van der Waals surface area contributed by atoms with Crippen molar-refractivity contribution in [2.75, 3.05) is 5.73 Å². The summed E-state index contributed by atoms with van der Waals surface area (Å²) >= 11 is 0. The van der Waals surface area contributed by atoms with Crippen molar-refractivity contribution in [3.63, 3.8) is 0 Å². The molecule has 1 aliphatic rings. The lowest BCUT2D eigenvalue weighted by Gasteiger charge is -2.17. The molecule has 0 bridgehead atoms. The lowest BCUT2D eigenvalue weighted by Crippen LogP contribution is -2.01. The van der Waals surface area contributed by atoms with E-state index in [1.54, 1.807) is 0 Å². The van der Waals surface area contributed by atoms with E-state index in [1.165, 1.54) is 11.1 Å². The summed E-state index contributed by atoms with van der Waals surface area (Å²) in [5.41, 5.74) is 12.9. The largest absolute Gasteiger partial charge is 0.489 e. The van der Waals surface area contributed by atoms with Crippen LogP contribution in [0.3, 0.4) is 0 Å². The van der Waals surface area contributed by atoms with Gasteiger partial charge in [-0.25, -0.2) is 0 Å². The van der Waals surface area contributed by atoms with Crippen molar-refractivity contribution in [3.05, 3.63) is 89.3 Å². The van der Waals surface area contributed by atoms with E-state index in [-0.39, 0.29) is 0 Å². The Balaban J connectivity index is 1.56. The molecule has 1 aliphatic carbocycles. The first-order chi connectivity index (χ1) is 13.7. The zero-order chi connectivity index (χ0) is 19.5. The number of rotatable bonds is 6. The molecule has 0 saturated carbocycles. The molecular weight excluding hydrogens is 346 g/mol. The molecule has 0 unspecified atom stereocenters. The van der Waals surface area contributed by atoms with Crippen LogP contribution in [-0.2, 0) is 25.9 Å². The Morgan fingerprint density at radius 3 is 2.57 bits per heavy atom. The maximum Gasteiger partial charge on any atom is 0.133 e. The highest BCUT2D eigenvalue weighted by Crippen LogP contribution is 2.40. The highest BCUT2D eigenvalue weighted by Gasteiger charge is 2.21. The van der Waals surface area contributed by atoms with Crippen LogP contribution in [0.2, 0.25) is 0 Å². The van der Waals surface area contributed by atoms with Gasteiger partial charge in [-0.15, -0.1) is 0 Å². The van der Waals surface area contributed by atoms with Gasteiger partial charge in [0.1, 0.15) is 23.9 Å². The number of nitrogens with two attached hydrogens (primary N) is 1. The van der Waals surface area contributed by atoms with Gasteiger partial charge in [0.2, 0.25) is 0 Å². The summed E-state index contributed by atoms with van der Waals surface area (Å²) in [6.45, 7) is 6.65. The number of ether oxygens (including phenoxy) is 2. The zero-order valence-corrected chi connectivity index (χ0v) is 16.3. The van der Waals surface area contributed by atoms with E-state index in [0.717, 1.165) is 58.9 Å². The molecule has 2 N–H and O–H groups in total. The van der Waals surface area contributed by atoms with Crippen molar-refractivity contribution in [2.24, 2.45) is 0 Å². The predicted octanol–water partition coefficient (Wildman–Crippen LogP) is 5.81. The van der Waals surface area contributed by atoms with Gasteiger partial charge in [-0.3, -0.25) is 0 Å². The Bertz CT molecular complexity index is 980. The average Bonchev–Trinajstić information content (AvgIpc) is 3.21. The Morgan fingerprint density at radius 2 is 1.79 bits per heavy atom. The second kappa shape index (κ2) is 7.97. The molecule has 0 spiro atoms. The summed E-state index contributed by atoms with van der Waals surface area (Å²) in [6.07, 6.45) is 3.83. The van der Waals surface area contributed by atoms with Crippen molar-refractivity contribution in [1.82, 2.24) is 0 Å². The van der Waals surface area contributed by atoms with Gasteiger partial charge >= 0.3 is 0 Å². The molecule has 0 aromatic heterocycles. The Morgan fingerprint density at radius 1 is 1.00 bits per heavy atom. The van der Waals surface area contributed by atoms with E-state index in [2.05, 4.69) is 26.0 Å². The molecule has 0 heterocycles. The fraction of sp³-hybridized carbons (Fsp3) is 0.240. The maximum atomic E-state index is 6.33. The average molecular weight is 372 g/mol. The summed E-state index contributed by atoms with van der Waals surface area (Å²) in [5.74, 6) is 2.62. The number of hydrogen-bond acceptors (Lipinski definition) is 3. The normalized spacial score (nSPS) is 12.6. The van der Waals surface area contributed by atoms with Gasteiger partial charge in [0.15, 0.2) is 0 Å². The van der Waals surface area contributed by atoms with E-state index in [4.69, 9.17) is 15.2 Å². The van der Waals surface area contributed by atoms with E-state index in [9.17, 15) is 0 Å². The molecule has 28 heavy (non-hydrogen) atoms. The molecule has 4 rings (SSSR count). The Kier molecular flexibility index (Phi) is 5.25. The third-order valence-electron chi connectivity index (χ3n) is 5.33. The minimum Gasteiger partial charge on any atom is -0.489 e. The van der Waals surface area contributed by atoms with Gasteiger partial charge in [0.05, 0.1) is 0 Å². The fourth-order valence-electron chi connectivity index (χ4n) is 3.89. The van der Waals surface area contributed by atoms with Crippen molar-refractivity contribution in [2.45, 2.75) is 39.2 Å². The number of hydrogen-bond donors (Lipinski definition) is 1. The van der Waals surface area contributed by atoms with Crippen LogP contribution in [0.25, 0.3) is 0 Å². The van der Waals surface area contributed by atoms with Crippen molar-refractivity contribution < 1.29 is 9.47 Å². The highest BCUT2D eigenvalue weighted by molar-refractivity contribution is 5.62. The van der Waals surface area contributed by atoms with Crippen LogP contribution in [0.5, 0.6) is 17.2 Å². The number of anilines is 1. The quantitative estimate of drug-likeness (QED) is 0.555. The number of fused-ring (bicyclic) bond motifs is 1. The molecular formula is C25H26NO2. The standard InChI is InChI=1S/C25H26NO2/c1-3-19-15-20(12-13-24(19)27-16-18-8-5-4-6-9-18)28-25-17(2)14-23(26)21-10-7-11-22(21)25/h4-6,8-9,12-15H,1,3,7,10-11,16,26H2,2H3. The van der Waals surface area contributed by atoms with Gasteiger partial charge in [-0.2, -0.15) is 0 Å². The summed E-state index contributed by atoms with van der Waals surface area (Å²) in [4.78, 5) is 0. The summed E-state index contributed by atoms with van der Waals surface area (Å²) in [7, 11) is 0. The molecule has 0 fully saturated rings. The molecule has 0 aliphatic heterocycles. The van der Waals surface area contributed by atoms with Crippen LogP contribution in [0.15, 0.2) is 54.6 Å². The lowest BCUT2D eigenvalue weighted by atomic mass is 10.0. The molecule has 3 nitrogen and oxygen atoms in total. The van der Waals surface area contributed by atoms with E-state index in [1.807, 2.05) is 42.5 Å². The van der Waals surface area contributed by atoms with Crippen molar-refractivity contribution in [1.29, 1.82) is 0 Å². The van der Waals surface area contributed by atoms with Crippen LogP contribution in [0, 0.1) is 13.8 Å². The maximum absolute atomic E-state index is 6.33. The van der Waals surface area contributed by atoms with Gasteiger partial charge < -0.3 is 15.2 Å². The molecule has 1 radical (unpaired) electrons. The number of benzene rings is 3. The van der Waals surface area contributed by atoms with Crippen LogP contribution >= 0.6 is 0 Å². The van der Waals surface area contributed by atoms with Crippen molar-refractivity contribution in [3.8, 4) is 17.2 Å². The third-order valence-corrected chi connectivity index (χ3v) is 5.33. The van der Waals surface area contributed by atoms with Gasteiger partial charge in [-0.1, -0.05) is 30.3 Å². The third kappa shape index (κ3) is 3.70. The molecule has 0 atom stereocenters. The predicted molar refractivity (Wildman–Crippen MR) is 114 cm³/mol.